The largest absolute Gasteiger partial charge is 0.451 e. The van der Waals surface area contributed by atoms with E-state index in [1.807, 2.05) is 0 Å². The predicted octanol–water partition coefficient (Wildman–Crippen LogP) is 2.44. The van der Waals surface area contributed by atoms with Crippen LogP contribution in [0.4, 0.5) is 22.0 Å². The number of nitrogens with two attached hydrogens (primary N) is 1. The van der Waals surface area contributed by atoms with Crippen molar-refractivity contribution >= 4 is 5.91 Å². The third kappa shape index (κ3) is 3.98. The summed E-state index contributed by atoms with van der Waals surface area (Å²) in [5.74, 6) is -2.70. The van der Waals surface area contributed by atoms with Crippen molar-refractivity contribution in [2.75, 3.05) is 6.54 Å². The number of nitrogens with zero attached hydrogens (tertiary/aromatic N) is 4. The number of carbonyl (C=O) groups excluding carboxylic acids is 1. The highest BCUT2D eigenvalue weighted by Gasteiger charge is 2.41. The van der Waals surface area contributed by atoms with Gasteiger partial charge in [0.2, 0.25) is 11.7 Å². The second-order valence-electron chi connectivity index (χ2n) is 6.70. The number of aromatic nitrogens is 3. The zero-order valence-corrected chi connectivity index (χ0v) is 14.9. The predicted molar refractivity (Wildman–Crippen MR) is 87.8 cm³/mol. The van der Waals surface area contributed by atoms with Crippen LogP contribution in [0.3, 0.4) is 0 Å². The minimum atomic E-state index is -4.63. The van der Waals surface area contributed by atoms with E-state index in [0.717, 1.165) is 22.8 Å². The fourth-order valence-electron chi connectivity index (χ4n) is 3.33. The zero-order chi connectivity index (χ0) is 20.6. The summed E-state index contributed by atoms with van der Waals surface area (Å²) in [6.45, 7) is 1.49. The first-order valence-electron chi connectivity index (χ1n) is 8.57. The van der Waals surface area contributed by atoms with Crippen molar-refractivity contribution in [2.45, 2.75) is 44.6 Å². The number of fused-ring (bicyclic) bond motifs is 1. The van der Waals surface area contributed by atoms with E-state index in [9.17, 15) is 26.7 Å². The molecule has 0 spiro atoms. The van der Waals surface area contributed by atoms with Gasteiger partial charge in [-0.2, -0.15) is 13.2 Å². The Kier molecular flexibility index (Phi) is 5.37. The molecule has 0 saturated heterocycles. The zero-order valence-electron chi connectivity index (χ0n) is 14.9. The molecule has 28 heavy (non-hydrogen) atoms. The average Bonchev–Trinajstić information content (AvgIpc) is 3.03. The summed E-state index contributed by atoms with van der Waals surface area (Å²) in [6.07, 6.45) is -4.85. The summed E-state index contributed by atoms with van der Waals surface area (Å²) < 4.78 is 66.8. The number of alkyl halides is 3. The van der Waals surface area contributed by atoms with Crippen molar-refractivity contribution in [3.63, 3.8) is 0 Å². The Morgan fingerprint density at radius 3 is 2.68 bits per heavy atom. The maximum atomic E-state index is 13.7. The molecular weight excluding hydrogens is 385 g/mol. The van der Waals surface area contributed by atoms with Gasteiger partial charge in [-0.05, 0) is 37.1 Å². The van der Waals surface area contributed by atoms with Crippen LogP contribution in [0.5, 0.6) is 0 Å². The van der Waals surface area contributed by atoms with Crippen molar-refractivity contribution in [1.29, 1.82) is 0 Å². The van der Waals surface area contributed by atoms with E-state index in [2.05, 4.69) is 10.2 Å². The van der Waals surface area contributed by atoms with E-state index in [4.69, 9.17) is 5.73 Å². The maximum Gasteiger partial charge on any atom is 0.451 e. The van der Waals surface area contributed by atoms with Crippen molar-refractivity contribution < 1.29 is 26.7 Å². The number of hydrogen-bond donors (Lipinski definition) is 1. The van der Waals surface area contributed by atoms with Crippen LogP contribution >= 0.6 is 0 Å². The van der Waals surface area contributed by atoms with Gasteiger partial charge in [-0.3, -0.25) is 4.79 Å². The van der Waals surface area contributed by atoms with Gasteiger partial charge in [-0.15, -0.1) is 10.2 Å². The molecule has 0 bridgehead atoms. The van der Waals surface area contributed by atoms with Gasteiger partial charge in [0.25, 0.3) is 0 Å². The molecule has 0 fully saturated rings. The summed E-state index contributed by atoms with van der Waals surface area (Å²) in [4.78, 5) is 13.9. The molecule has 2 atom stereocenters. The molecule has 0 saturated carbocycles. The number of rotatable bonds is 4. The molecule has 0 radical (unpaired) electrons. The number of hydrogen-bond acceptors (Lipinski definition) is 4. The quantitative estimate of drug-likeness (QED) is 0.796. The molecule has 2 N–H and O–H groups in total. The summed E-state index contributed by atoms with van der Waals surface area (Å²) in [6, 6.07) is 1.49. The molecule has 1 unspecified atom stereocenters. The maximum absolute atomic E-state index is 13.7. The van der Waals surface area contributed by atoms with Crippen molar-refractivity contribution in [1.82, 2.24) is 19.7 Å². The van der Waals surface area contributed by atoms with Crippen LogP contribution in [0.2, 0.25) is 0 Å². The van der Waals surface area contributed by atoms with E-state index in [1.54, 1.807) is 6.92 Å². The van der Waals surface area contributed by atoms with Crippen LogP contribution in [0.15, 0.2) is 18.2 Å². The molecule has 1 aliphatic heterocycles. The molecule has 2 aromatic rings. The molecule has 152 valence electrons. The van der Waals surface area contributed by atoms with E-state index in [1.165, 1.54) is 4.90 Å². The molecule has 11 heteroatoms. The number of benzene rings is 1. The lowest BCUT2D eigenvalue weighted by molar-refractivity contribution is -0.148. The molecule has 1 aromatic carbocycles. The first kappa shape index (κ1) is 20.2. The summed E-state index contributed by atoms with van der Waals surface area (Å²) in [5, 5.41) is 6.78. The van der Waals surface area contributed by atoms with Gasteiger partial charge in [0, 0.05) is 25.6 Å². The van der Waals surface area contributed by atoms with Crippen LogP contribution in [-0.4, -0.2) is 38.2 Å². The monoisotopic (exact) mass is 403 g/mol. The van der Waals surface area contributed by atoms with Crippen LogP contribution in [0.1, 0.15) is 36.6 Å². The van der Waals surface area contributed by atoms with E-state index in [0.29, 0.717) is 0 Å². The molecule has 1 aromatic heterocycles. The highest BCUT2D eigenvalue weighted by Crippen LogP contribution is 2.32. The molecule has 0 aliphatic carbocycles. The van der Waals surface area contributed by atoms with E-state index in [-0.39, 0.29) is 37.3 Å². The Bertz CT molecular complexity index is 881. The van der Waals surface area contributed by atoms with Crippen LogP contribution < -0.4 is 5.73 Å². The second-order valence-corrected chi connectivity index (χ2v) is 6.70. The van der Waals surface area contributed by atoms with Gasteiger partial charge >= 0.3 is 6.18 Å². The lowest BCUT2D eigenvalue weighted by Gasteiger charge is -2.34. The normalized spacial score (nSPS) is 18.1. The number of carbonyl (C=O) groups is 1. The Morgan fingerprint density at radius 2 is 2.00 bits per heavy atom. The lowest BCUT2D eigenvalue weighted by atomic mass is 10.0. The highest BCUT2D eigenvalue weighted by molar-refractivity contribution is 5.77. The third-order valence-electron chi connectivity index (χ3n) is 4.69. The third-order valence-corrected chi connectivity index (χ3v) is 4.69. The average molecular weight is 403 g/mol. The van der Waals surface area contributed by atoms with Crippen LogP contribution in [-0.2, 0) is 23.9 Å². The highest BCUT2D eigenvalue weighted by atomic mass is 19.4. The molecular formula is C17H18F5N5O. The molecule has 1 aliphatic rings. The summed E-state index contributed by atoms with van der Waals surface area (Å²) in [5.41, 5.74) is 5.97. The van der Waals surface area contributed by atoms with Crippen molar-refractivity contribution in [2.24, 2.45) is 5.73 Å². The van der Waals surface area contributed by atoms with Crippen molar-refractivity contribution in [3.8, 4) is 0 Å². The van der Waals surface area contributed by atoms with Gasteiger partial charge in [0.15, 0.2) is 5.82 Å². The molecule has 3 rings (SSSR count). The number of halogens is 5. The summed E-state index contributed by atoms with van der Waals surface area (Å²) >= 11 is 0. The van der Waals surface area contributed by atoms with Crippen LogP contribution in [0.25, 0.3) is 0 Å². The fourth-order valence-corrected chi connectivity index (χ4v) is 3.33. The molecule has 1 amide bonds. The van der Waals surface area contributed by atoms with Gasteiger partial charge in [0.05, 0.1) is 6.04 Å². The minimum Gasteiger partial charge on any atom is -0.331 e. The first-order chi connectivity index (χ1) is 13.1. The standard InChI is InChI=1S/C17H18F5N5O/c1-9-15-24-25-16(17(20,21)22)27(15)5-4-26(9)14(28)8-12(23)7-10-6-11(18)2-3-13(10)19/h2-3,6,9,12H,4-5,7-8,23H2,1H3/t9?,12-/m1/s1. The summed E-state index contributed by atoms with van der Waals surface area (Å²) in [7, 11) is 0. The molecule has 6 nitrogen and oxygen atoms in total. The number of amides is 1. The Labute approximate surface area is 157 Å². The second kappa shape index (κ2) is 7.46. The van der Waals surface area contributed by atoms with Crippen LogP contribution in [0, 0.1) is 11.6 Å². The van der Waals surface area contributed by atoms with Crippen molar-refractivity contribution in [3.05, 3.63) is 47.0 Å². The Hall–Kier alpha value is -2.56. The van der Waals surface area contributed by atoms with Gasteiger partial charge < -0.3 is 15.2 Å². The Morgan fingerprint density at radius 1 is 1.29 bits per heavy atom. The van der Waals surface area contributed by atoms with E-state index >= 15 is 0 Å². The Balaban J connectivity index is 1.68. The topological polar surface area (TPSA) is 77.0 Å². The first-order valence-corrected chi connectivity index (χ1v) is 8.57. The minimum absolute atomic E-state index is 0.0369. The van der Waals surface area contributed by atoms with Gasteiger partial charge in [0.1, 0.15) is 11.6 Å². The van der Waals surface area contributed by atoms with E-state index < -0.39 is 41.6 Å². The van der Waals surface area contributed by atoms with Gasteiger partial charge in [-0.25, -0.2) is 8.78 Å². The molecule has 2 heterocycles. The van der Waals surface area contributed by atoms with Gasteiger partial charge in [-0.1, -0.05) is 0 Å². The fraction of sp³-hybridized carbons (Fsp3) is 0.471. The smallest absolute Gasteiger partial charge is 0.331 e. The SMILES string of the molecule is CC1c2nnc(C(F)(F)F)n2CCN1C(=O)C[C@H](N)Cc1cc(F)ccc1F. The lowest BCUT2D eigenvalue weighted by Crippen LogP contribution is -2.44.